The summed E-state index contributed by atoms with van der Waals surface area (Å²) in [5.41, 5.74) is 0.522. The van der Waals surface area contributed by atoms with Gasteiger partial charge in [0.05, 0.1) is 5.01 Å². The molecule has 5 nitrogen and oxygen atoms in total. The van der Waals surface area contributed by atoms with Gasteiger partial charge in [0, 0.05) is 36.8 Å². The Balaban J connectivity index is 1.66. The predicted molar refractivity (Wildman–Crippen MR) is 68.7 cm³/mol. The number of fused-ring (bicyclic) bond motifs is 1. The van der Waals surface area contributed by atoms with E-state index in [4.69, 9.17) is 0 Å². The second-order valence-corrected chi connectivity index (χ2v) is 5.52. The summed E-state index contributed by atoms with van der Waals surface area (Å²) in [6.45, 7) is 2.70. The number of nitrogens with zero attached hydrogens (tertiary/aromatic N) is 3. The van der Waals surface area contributed by atoms with Crippen LogP contribution in [0.4, 0.5) is 0 Å². The molecule has 18 heavy (non-hydrogen) atoms. The number of hydrogen-bond donors (Lipinski definition) is 1. The molecule has 0 unspecified atom stereocenters. The Kier molecular flexibility index (Phi) is 2.87. The predicted octanol–water partition coefficient (Wildman–Crippen LogP) is 1.39. The summed E-state index contributed by atoms with van der Waals surface area (Å²) in [5.74, 6) is 1.03. The van der Waals surface area contributed by atoms with Gasteiger partial charge in [0.1, 0.15) is 11.5 Å². The van der Waals surface area contributed by atoms with Crippen molar-refractivity contribution in [2.24, 2.45) is 0 Å². The second kappa shape index (κ2) is 4.53. The molecule has 3 heterocycles. The number of aromatic nitrogens is 3. The zero-order chi connectivity index (χ0) is 12.5. The van der Waals surface area contributed by atoms with E-state index in [-0.39, 0.29) is 11.9 Å². The van der Waals surface area contributed by atoms with E-state index in [1.807, 2.05) is 19.3 Å². The van der Waals surface area contributed by atoms with Crippen molar-refractivity contribution in [2.75, 3.05) is 0 Å². The minimum absolute atomic E-state index is 0.0760. The highest BCUT2D eigenvalue weighted by Gasteiger charge is 2.21. The van der Waals surface area contributed by atoms with Gasteiger partial charge < -0.3 is 9.88 Å². The molecule has 0 aliphatic carbocycles. The maximum Gasteiger partial charge on any atom is 0.271 e. The lowest BCUT2D eigenvalue weighted by atomic mass is 10.1. The third kappa shape index (κ3) is 2.15. The lowest BCUT2D eigenvalue weighted by Gasteiger charge is -2.24. The number of amides is 1. The summed E-state index contributed by atoms with van der Waals surface area (Å²) < 4.78 is 2.10. The van der Waals surface area contributed by atoms with Crippen LogP contribution in [0.1, 0.15) is 27.7 Å². The van der Waals surface area contributed by atoms with Gasteiger partial charge in [-0.05, 0) is 13.3 Å². The Labute approximate surface area is 109 Å². The average molecular weight is 262 g/mol. The van der Waals surface area contributed by atoms with Crippen LogP contribution in [0.15, 0.2) is 17.8 Å². The number of carbonyl (C=O) groups is 1. The summed E-state index contributed by atoms with van der Waals surface area (Å²) in [4.78, 5) is 20.5. The first-order valence-electron chi connectivity index (χ1n) is 5.95. The highest BCUT2D eigenvalue weighted by molar-refractivity contribution is 7.09. The van der Waals surface area contributed by atoms with Gasteiger partial charge in [-0.25, -0.2) is 9.97 Å². The molecule has 1 N–H and O–H groups in total. The topological polar surface area (TPSA) is 59.8 Å². The van der Waals surface area contributed by atoms with Crippen LogP contribution in [-0.4, -0.2) is 26.5 Å². The first kappa shape index (κ1) is 11.4. The van der Waals surface area contributed by atoms with Crippen LogP contribution in [0.2, 0.25) is 0 Å². The molecule has 0 radical (unpaired) electrons. The highest BCUT2D eigenvalue weighted by atomic mass is 32.1. The van der Waals surface area contributed by atoms with Crippen molar-refractivity contribution in [1.29, 1.82) is 0 Å². The monoisotopic (exact) mass is 262 g/mol. The van der Waals surface area contributed by atoms with Crippen LogP contribution in [-0.2, 0) is 13.0 Å². The summed E-state index contributed by atoms with van der Waals surface area (Å²) in [7, 11) is 0. The minimum atomic E-state index is -0.0760. The normalized spacial score (nSPS) is 18.4. The molecule has 2 aromatic rings. The number of carbonyl (C=O) groups excluding carboxylic acids is 1. The van der Waals surface area contributed by atoms with Crippen LogP contribution in [0.25, 0.3) is 0 Å². The SMILES string of the molecule is Cc1nc(C(=O)N[C@@H]2CCc3nccn3C2)cs1. The van der Waals surface area contributed by atoms with Crippen molar-refractivity contribution in [3.05, 3.63) is 34.3 Å². The number of imidazole rings is 1. The van der Waals surface area contributed by atoms with Gasteiger partial charge in [0.15, 0.2) is 0 Å². The number of hydrogen-bond acceptors (Lipinski definition) is 4. The first-order chi connectivity index (χ1) is 8.72. The molecule has 0 saturated heterocycles. The van der Waals surface area contributed by atoms with E-state index >= 15 is 0 Å². The average Bonchev–Trinajstić information content (AvgIpc) is 2.96. The van der Waals surface area contributed by atoms with Gasteiger partial charge in [-0.3, -0.25) is 4.79 Å². The van der Waals surface area contributed by atoms with Crippen molar-refractivity contribution in [1.82, 2.24) is 19.9 Å². The van der Waals surface area contributed by atoms with Gasteiger partial charge in [0.2, 0.25) is 0 Å². The molecule has 0 fully saturated rings. The third-order valence-corrected chi connectivity index (χ3v) is 3.90. The quantitative estimate of drug-likeness (QED) is 0.889. The number of nitrogens with one attached hydrogen (secondary N) is 1. The molecular weight excluding hydrogens is 248 g/mol. The van der Waals surface area contributed by atoms with E-state index in [1.165, 1.54) is 11.3 Å². The Morgan fingerprint density at radius 2 is 2.50 bits per heavy atom. The fourth-order valence-electron chi connectivity index (χ4n) is 2.21. The Morgan fingerprint density at radius 1 is 1.61 bits per heavy atom. The highest BCUT2D eigenvalue weighted by Crippen LogP contribution is 2.14. The van der Waals surface area contributed by atoms with E-state index in [1.54, 1.807) is 5.38 Å². The molecule has 6 heteroatoms. The number of aryl methyl sites for hydroxylation is 2. The van der Waals surface area contributed by atoms with Crippen LogP contribution in [0.5, 0.6) is 0 Å². The first-order valence-corrected chi connectivity index (χ1v) is 6.83. The Morgan fingerprint density at radius 3 is 3.28 bits per heavy atom. The van der Waals surface area contributed by atoms with Crippen molar-refractivity contribution >= 4 is 17.2 Å². The lowest BCUT2D eigenvalue weighted by Crippen LogP contribution is -2.41. The van der Waals surface area contributed by atoms with Crippen molar-refractivity contribution < 1.29 is 4.79 Å². The van der Waals surface area contributed by atoms with Gasteiger partial charge in [-0.2, -0.15) is 0 Å². The van der Waals surface area contributed by atoms with Crippen LogP contribution >= 0.6 is 11.3 Å². The number of rotatable bonds is 2. The molecule has 1 amide bonds. The molecular formula is C12H14N4OS. The van der Waals surface area contributed by atoms with E-state index < -0.39 is 0 Å². The molecule has 0 bridgehead atoms. The Hall–Kier alpha value is -1.69. The number of thiazole rings is 1. The van der Waals surface area contributed by atoms with Gasteiger partial charge in [0.25, 0.3) is 5.91 Å². The minimum Gasteiger partial charge on any atom is -0.346 e. The maximum absolute atomic E-state index is 12.0. The molecule has 2 aromatic heterocycles. The molecule has 1 aliphatic heterocycles. The van der Waals surface area contributed by atoms with E-state index in [9.17, 15) is 4.79 Å². The molecule has 0 saturated carbocycles. The van der Waals surface area contributed by atoms with Gasteiger partial charge in [-0.15, -0.1) is 11.3 Å². The van der Waals surface area contributed by atoms with E-state index in [0.29, 0.717) is 5.69 Å². The Bertz CT molecular complexity index is 574. The summed E-state index contributed by atoms with van der Waals surface area (Å²) in [6, 6.07) is 0.168. The van der Waals surface area contributed by atoms with Crippen molar-refractivity contribution in [3.63, 3.8) is 0 Å². The summed E-state index contributed by atoms with van der Waals surface area (Å²) in [5, 5.41) is 5.75. The zero-order valence-electron chi connectivity index (χ0n) is 10.1. The molecule has 1 atom stereocenters. The van der Waals surface area contributed by atoms with Crippen molar-refractivity contribution in [2.45, 2.75) is 32.4 Å². The maximum atomic E-state index is 12.0. The summed E-state index contributed by atoms with van der Waals surface area (Å²) >= 11 is 1.50. The van der Waals surface area contributed by atoms with E-state index in [0.717, 1.165) is 30.2 Å². The third-order valence-electron chi connectivity index (χ3n) is 3.12. The lowest BCUT2D eigenvalue weighted by molar-refractivity contribution is 0.0923. The molecule has 0 spiro atoms. The molecule has 94 valence electrons. The van der Waals surface area contributed by atoms with Gasteiger partial charge >= 0.3 is 0 Å². The molecule has 0 aromatic carbocycles. The largest absolute Gasteiger partial charge is 0.346 e. The zero-order valence-corrected chi connectivity index (χ0v) is 10.9. The standard InChI is InChI=1S/C12H14N4OS/c1-8-14-10(7-18-8)12(17)15-9-2-3-11-13-4-5-16(11)6-9/h4-5,7,9H,2-3,6H2,1H3,(H,15,17)/t9-/m1/s1. The fraction of sp³-hybridized carbons (Fsp3) is 0.417. The van der Waals surface area contributed by atoms with Crippen molar-refractivity contribution in [3.8, 4) is 0 Å². The van der Waals surface area contributed by atoms with Crippen LogP contribution < -0.4 is 5.32 Å². The van der Waals surface area contributed by atoms with Gasteiger partial charge in [-0.1, -0.05) is 0 Å². The van der Waals surface area contributed by atoms with E-state index in [2.05, 4.69) is 19.9 Å². The fourth-order valence-corrected chi connectivity index (χ4v) is 2.80. The van der Waals surface area contributed by atoms with Crippen LogP contribution in [0, 0.1) is 6.92 Å². The van der Waals surface area contributed by atoms with Crippen LogP contribution in [0.3, 0.4) is 0 Å². The second-order valence-electron chi connectivity index (χ2n) is 4.46. The molecule has 3 rings (SSSR count). The molecule has 1 aliphatic rings. The summed E-state index contributed by atoms with van der Waals surface area (Å²) in [6.07, 6.45) is 5.61. The smallest absolute Gasteiger partial charge is 0.271 e.